The molecule has 0 amide bonds. The molecule has 0 aromatic heterocycles. The van der Waals surface area contributed by atoms with Crippen LogP contribution in [0.15, 0.2) is 4.99 Å². The topological polar surface area (TPSA) is 77.0 Å². The van der Waals surface area contributed by atoms with Gasteiger partial charge >= 0.3 is 15.5 Å². The number of aliphatic imine (C=N–C) groups is 1. The second kappa shape index (κ2) is 12.6. The first kappa shape index (κ1) is 27.7. The molecule has 2 heterocycles. The Kier molecular flexibility index (Phi) is 11.7. The number of likely N-dealkylation sites (tertiary alicyclic amines) is 1. The summed E-state index contributed by atoms with van der Waals surface area (Å²) in [5.74, 6) is 1.04. The summed E-state index contributed by atoms with van der Waals surface area (Å²) in [6, 6.07) is -0.107. The molecule has 12 heteroatoms. The molecule has 2 aliphatic rings. The van der Waals surface area contributed by atoms with Crippen LogP contribution in [0.2, 0.25) is 0 Å². The predicted octanol–water partition coefficient (Wildman–Crippen LogP) is 2.60. The number of hydrogen-bond acceptors (Lipinski definition) is 4. The summed E-state index contributed by atoms with van der Waals surface area (Å²) < 4.78 is 61.6. The molecule has 0 aromatic rings. The molecule has 2 aliphatic heterocycles. The molecule has 0 aliphatic carbocycles. The molecule has 2 fully saturated rings. The fourth-order valence-electron chi connectivity index (χ4n) is 3.79. The van der Waals surface area contributed by atoms with Crippen molar-refractivity contribution in [2.45, 2.75) is 57.5 Å². The van der Waals surface area contributed by atoms with Crippen molar-refractivity contribution in [2.75, 3.05) is 45.8 Å². The van der Waals surface area contributed by atoms with Crippen LogP contribution in [0, 0.1) is 5.92 Å². The minimum Gasteiger partial charge on any atom is -0.357 e. The van der Waals surface area contributed by atoms with Gasteiger partial charge in [-0.1, -0.05) is 13.3 Å². The average molecular weight is 569 g/mol. The number of nitrogens with one attached hydrogen (secondary N) is 2. The van der Waals surface area contributed by atoms with Gasteiger partial charge in [0.1, 0.15) is 0 Å². The summed E-state index contributed by atoms with van der Waals surface area (Å²) in [5.41, 5.74) is -5.24. The third-order valence-electron chi connectivity index (χ3n) is 5.35. The molecule has 7 nitrogen and oxygen atoms in total. The van der Waals surface area contributed by atoms with Crippen LogP contribution >= 0.6 is 24.0 Å². The third-order valence-corrected chi connectivity index (χ3v) is 6.98. The number of rotatable bonds is 7. The van der Waals surface area contributed by atoms with E-state index in [1.165, 1.54) is 19.3 Å². The second-order valence-electron chi connectivity index (χ2n) is 7.95. The standard InChI is InChI=1S/C18H34F3N5O2S.HI/c1-3-22-17(23-13-15(2)14-25-9-5-4-6-10-25)24-16-7-11-26(12-8-16)29(27,28)18(19,20)21;/h15-16H,3-14H2,1-2H3,(H2,22,23,24);1H. The molecule has 1 unspecified atom stereocenters. The monoisotopic (exact) mass is 569 g/mol. The lowest BCUT2D eigenvalue weighted by Crippen LogP contribution is -2.51. The summed E-state index contributed by atoms with van der Waals surface area (Å²) in [7, 11) is -5.24. The molecule has 0 aromatic carbocycles. The van der Waals surface area contributed by atoms with Crippen molar-refractivity contribution in [1.82, 2.24) is 19.8 Å². The SMILES string of the molecule is CCNC(=NCC(C)CN1CCCCC1)NC1CCN(S(=O)(=O)C(F)(F)F)CC1.I. The summed E-state index contributed by atoms with van der Waals surface area (Å²) >= 11 is 0. The Morgan fingerprint density at radius 1 is 1.13 bits per heavy atom. The van der Waals surface area contributed by atoms with Gasteiger partial charge in [0.2, 0.25) is 0 Å². The molecule has 0 bridgehead atoms. The Balaban J connectivity index is 0.00000450. The first-order valence-electron chi connectivity index (χ1n) is 10.5. The minimum atomic E-state index is -5.24. The number of alkyl halides is 3. The zero-order valence-corrected chi connectivity index (χ0v) is 20.9. The van der Waals surface area contributed by atoms with Crippen LogP contribution in [-0.4, -0.2) is 80.9 Å². The van der Waals surface area contributed by atoms with E-state index in [1.54, 1.807) is 0 Å². The molecular weight excluding hydrogens is 534 g/mol. The van der Waals surface area contributed by atoms with Crippen molar-refractivity contribution in [3.63, 3.8) is 0 Å². The molecule has 0 saturated carbocycles. The van der Waals surface area contributed by atoms with Gasteiger partial charge in [-0.25, -0.2) is 8.42 Å². The third kappa shape index (κ3) is 8.30. The lowest BCUT2D eigenvalue weighted by atomic mass is 10.1. The lowest BCUT2D eigenvalue weighted by Gasteiger charge is -2.32. The van der Waals surface area contributed by atoms with Gasteiger partial charge in [0.15, 0.2) is 5.96 Å². The number of sulfonamides is 1. The largest absolute Gasteiger partial charge is 0.511 e. The van der Waals surface area contributed by atoms with E-state index in [0.29, 0.717) is 42.1 Å². The highest BCUT2D eigenvalue weighted by Gasteiger charge is 2.50. The van der Waals surface area contributed by atoms with Crippen LogP contribution in [0.5, 0.6) is 0 Å². The van der Waals surface area contributed by atoms with Gasteiger partial charge in [-0.3, -0.25) is 4.99 Å². The number of guanidine groups is 1. The number of halogens is 4. The van der Waals surface area contributed by atoms with E-state index in [0.717, 1.165) is 19.6 Å². The molecule has 0 radical (unpaired) electrons. The van der Waals surface area contributed by atoms with Gasteiger partial charge in [0.05, 0.1) is 0 Å². The Labute approximate surface area is 195 Å². The van der Waals surface area contributed by atoms with Crippen molar-refractivity contribution in [3.8, 4) is 0 Å². The van der Waals surface area contributed by atoms with E-state index in [4.69, 9.17) is 0 Å². The maximum absolute atomic E-state index is 12.7. The van der Waals surface area contributed by atoms with Crippen LogP contribution in [-0.2, 0) is 10.0 Å². The van der Waals surface area contributed by atoms with E-state index >= 15 is 0 Å². The molecule has 2 rings (SSSR count). The van der Waals surface area contributed by atoms with Crippen LogP contribution in [0.4, 0.5) is 13.2 Å². The van der Waals surface area contributed by atoms with Crippen LogP contribution in [0.1, 0.15) is 46.0 Å². The molecule has 2 saturated heterocycles. The number of piperidine rings is 2. The van der Waals surface area contributed by atoms with E-state index in [-0.39, 0.29) is 43.1 Å². The average Bonchev–Trinajstić information content (AvgIpc) is 2.66. The highest BCUT2D eigenvalue weighted by Crippen LogP contribution is 2.28. The maximum atomic E-state index is 12.7. The van der Waals surface area contributed by atoms with Gasteiger partial charge in [-0.15, -0.1) is 24.0 Å². The normalized spacial score (nSPS) is 21.7. The lowest BCUT2D eigenvalue weighted by molar-refractivity contribution is -0.0494. The van der Waals surface area contributed by atoms with Gasteiger partial charge in [-0.2, -0.15) is 17.5 Å². The minimum absolute atomic E-state index is 0. The summed E-state index contributed by atoms with van der Waals surface area (Å²) in [6.07, 6.45) is 4.43. The smallest absolute Gasteiger partial charge is 0.357 e. The van der Waals surface area contributed by atoms with Gasteiger partial charge in [-0.05, 0) is 51.6 Å². The van der Waals surface area contributed by atoms with Crippen molar-refractivity contribution in [1.29, 1.82) is 0 Å². The van der Waals surface area contributed by atoms with E-state index in [2.05, 4.69) is 27.4 Å². The highest BCUT2D eigenvalue weighted by atomic mass is 127. The van der Waals surface area contributed by atoms with Gasteiger partial charge < -0.3 is 15.5 Å². The zero-order chi connectivity index (χ0) is 21.5. The van der Waals surface area contributed by atoms with E-state index in [9.17, 15) is 21.6 Å². The molecule has 1 atom stereocenters. The number of nitrogens with zero attached hydrogens (tertiary/aromatic N) is 3. The summed E-state index contributed by atoms with van der Waals surface area (Å²) in [6.45, 7) is 8.46. The first-order valence-corrected chi connectivity index (χ1v) is 11.9. The van der Waals surface area contributed by atoms with Crippen LogP contribution < -0.4 is 10.6 Å². The Morgan fingerprint density at radius 2 is 1.73 bits per heavy atom. The molecule has 2 N–H and O–H groups in total. The Hall–Kier alpha value is -0.340. The second-order valence-corrected chi connectivity index (χ2v) is 9.88. The van der Waals surface area contributed by atoms with Crippen molar-refractivity contribution >= 4 is 40.0 Å². The molecule has 178 valence electrons. The van der Waals surface area contributed by atoms with E-state index in [1.807, 2.05) is 6.92 Å². The number of hydrogen-bond donors (Lipinski definition) is 2. The highest BCUT2D eigenvalue weighted by molar-refractivity contribution is 14.0. The molecule has 30 heavy (non-hydrogen) atoms. The quantitative estimate of drug-likeness (QED) is 0.280. The first-order chi connectivity index (χ1) is 13.6. The predicted molar refractivity (Wildman–Crippen MR) is 124 cm³/mol. The van der Waals surface area contributed by atoms with Crippen molar-refractivity contribution in [3.05, 3.63) is 0 Å². The molecule has 0 spiro atoms. The van der Waals surface area contributed by atoms with Crippen molar-refractivity contribution < 1.29 is 21.6 Å². The maximum Gasteiger partial charge on any atom is 0.511 e. The van der Waals surface area contributed by atoms with Crippen LogP contribution in [0.3, 0.4) is 0 Å². The Morgan fingerprint density at radius 3 is 2.27 bits per heavy atom. The molecular formula is C18H35F3IN5O2S. The van der Waals surface area contributed by atoms with Crippen molar-refractivity contribution in [2.24, 2.45) is 10.9 Å². The van der Waals surface area contributed by atoms with Gasteiger partial charge in [0.25, 0.3) is 0 Å². The summed E-state index contributed by atoms with van der Waals surface area (Å²) in [5, 5.41) is 6.42. The van der Waals surface area contributed by atoms with Gasteiger partial charge in [0, 0.05) is 38.8 Å². The zero-order valence-electron chi connectivity index (χ0n) is 17.7. The van der Waals surface area contributed by atoms with Crippen LogP contribution in [0.25, 0.3) is 0 Å². The summed E-state index contributed by atoms with van der Waals surface area (Å²) in [4.78, 5) is 7.11. The van der Waals surface area contributed by atoms with E-state index < -0.39 is 15.5 Å². The fraction of sp³-hybridized carbons (Fsp3) is 0.944. The fourth-order valence-corrected chi connectivity index (χ4v) is 4.77. The Bertz CT molecular complexity index is 634.